The number of aromatic nitrogens is 2. The van der Waals surface area contributed by atoms with Gasteiger partial charge in [0.1, 0.15) is 5.75 Å². The van der Waals surface area contributed by atoms with Gasteiger partial charge < -0.3 is 14.6 Å². The van der Waals surface area contributed by atoms with Crippen molar-refractivity contribution in [2.24, 2.45) is 0 Å². The van der Waals surface area contributed by atoms with Crippen LogP contribution in [0.2, 0.25) is 0 Å². The molecule has 29 heavy (non-hydrogen) atoms. The van der Waals surface area contributed by atoms with E-state index in [-0.39, 0.29) is 12.1 Å². The van der Waals surface area contributed by atoms with Crippen LogP contribution in [0.25, 0.3) is 11.4 Å². The smallest absolute Gasteiger partial charge is 0.418 e. The Hall–Kier alpha value is -3.36. The van der Waals surface area contributed by atoms with Gasteiger partial charge in [0.05, 0.1) is 18.4 Å². The largest absolute Gasteiger partial charge is 0.497 e. The number of anilines is 1. The molecule has 6 nitrogen and oxygen atoms in total. The van der Waals surface area contributed by atoms with Gasteiger partial charge in [-0.05, 0) is 30.7 Å². The maximum absolute atomic E-state index is 13.0. The van der Waals surface area contributed by atoms with Crippen molar-refractivity contribution in [2.75, 3.05) is 12.4 Å². The minimum Gasteiger partial charge on any atom is -0.497 e. The van der Waals surface area contributed by atoms with Gasteiger partial charge in [0.15, 0.2) is 0 Å². The molecule has 0 fully saturated rings. The summed E-state index contributed by atoms with van der Waals surface area (Å²) in [6, 6.07) is 12.0. The molecule has 3 rings (SSSR count). The third-order valence-electron chi connectivity index (χ3n) is 4.10. The number of hydrogen-bond donors (Lipinski definition) is 1. The number of hydrogen-bond acceptors (Lipinski definition) is 5. The zero-order chi connectivity index (χ0) is 20.9. The summed E-state index contributed by atoms with van der Waals surface area (Å²) >= 11 is 0. The van der Waals surface area contributed by atoms with Crippen molar-refractivity contribution in [3.63, 3.8) is 0 Å². The summed E-state index contributed by atoms with van der Waals surface area (Å²) in [6.07, 6.45) is -3.85. The highest BCUT2D eigenvalue weighted by molar-refractivity contribution is 5.91. The van der Waals surface area contributed by atoms with E-state index < -0.39 is 17.6 Å². The summed E-state index contributed by atoms with van der Waals surface area (Å²) in [6.45, 7) is 0. The Labute approximate surface area is 164 Å². The Kier molecular flexibility index (Phi) is 6.16. The third-order valence-corrected chi connectivity index (χ3v) is 4.10. The van der Waals surface area contributed by atoms with E-state index in [4.69, 9.17) is 9.26 Å². The van der Waals surface area contributed by atoms with Crippen molar-refractivity contribution < 1.29 is 27.2 Å². The average Bonchev–Trinajstić information content (AvgIpc) is 3.16. The van der Waals surface area contributed by atoms with E-state index in [0.29, 0.717) is 30.3 Å². The summed E-state index contributed by atoms with van der Waals surface area (Å²) < 4.78 is 49.3. The SMILES string of the molecule is COc1cccc(-c2noc(CCCC(=O)Nc3ccccc3C(F)(F)F)n2)c1. The predicted octanol–water partition coefficient (Wildman–Crippen LogP) is 4.73. The number of alkyl halides is 3. The molecule has 9 heteroatoms. The number of ether oxygens (including phenoxy) is 1. The number of benzene rings is 2. The first-order valence-electron chi connectivity index (χ1n) is 8.80. The van der Waals surface area contributed by atoms with Gasteiger partial charge in [0, 0.05) is 18.4 Å². The number of carbonyl (C=O) groups excluding carboxylic acids is 1. The minimum absolute atomic E-state index is 0.0169. The molecule has 0 radical (unpaired) electrons. The standard InChI is InChI=1S/C20H18F3N3O3/c1-28-14-7-4-6-13(12-14)19-25-18(29-26-19)11-5-10-17(27)24-16-9-3-2-8-15(16)20(21,22)23/h2-4,6-9,12H,5,10-11H2,1H3,(H,24,27). The predicted molar refractivity (Wildman–Crippen MR) is 99.3 cm³/mol. The molecular weight excluding hydrogens is 387 g/mol. The van der Waals surface area contributed by atoms with Crippen LogP contribution in [-0.4, -0.2) is 23.2 Å². The van der Waals surface area contributed by atoms with Crippen molar-refractivity contribution in [1.29, 1.82) is 0 Å². The normalized spacial score (nSPS) is 11.3. The van der Waals surface area contributed by atoms with E-state index in [2.05, 4.69) is 15.5 Å². The van der Waals surface area contributed by atoms with Crippen LogP contribution < -0.4 is 10.1 Å². The number of carbonyl (C=O) groups is 1. The molecule has 0 atom stereocenters. The maximum atomic E-state index is 13.0. The van der Waals surface area contributed by atoms with Gasteiger partial charge in [-0.25, -0.2) is 0 Å². The molecule has 3 aromatic rings. The van der Waals surface area contributed by atoms with Gasteiger partial charge in [0.25, 0.3) is 0 Å². The van der Waals surface area contributed by atoms with Crippen LogP contribution in [0.5, 0.6) is 5.75 Å². The molecule has 1 amide bonds. The second kappa shape index (κ2) is 8.76. The van der Waals surface area contributed by atoms with E-state index in [9.17, 15) is 18.0 Å². The Morgan fingerprint density at radius 3 is 2.72 bits per heavy atom. The molecule has 1 heterocycles. The van der Waals surface area contributed by atoms with Gasteiger partial charge in [0.2, 0.25) is 17.6 Å². The molecule has 1 aromatic heterocycles. The second-order valence-corrected chi connectivity index (χ2v) is 6.19. The van der Waals surface area contributed by atoms with E-state index in [1.54, 1.807) is 25.3 Å². The lowest BCUT2D eigenvalue weighted by atomic mass is 10.1. The fraction of sp³-hybridized carbons (Fsp3) is 0.250. The zero-order valence-corrected chi connectivity index (χ0v) is 15.5. The van der Waals surface area contributed by atoms with Crippen LogP contribution in [0.1, 0.15) is 24.3 Å². The number of rotatable bonds is 7. The molecule has 0 unspecified atom stereocenters. The first-order valence-corrected chi connectivity index (χ1v) is 8.80. The molecule has 0 saturated heterocycles. The lowest BCUT2D eigenvalue weighted by molar-refractivity contribution is -0.137. The van der Waals surface area contributed by atoms with Crippen LogP contribution in [0.4, 0.5) is 18.9 Å². The summed E-state index contributed by atoms with van der Waals surface area (Å²) in [7, 11) is 1.55. The fourth-order valence-electron chi connectivity index (χ4n) is 2.69. The summed E-state index contributed by atoms with van der Waals surface area (Å²) in [5.74, 6) is 0.868. The van der Waals surface area contributed by atoms with Crippen LogP contribution in [-0.2, 0) is 17.4 Å². The summed E-state index contributed by atoms with van der Waals surface area (Å²) in [5.41, 5.74) is -0.419. The van der Waals surface area contributed by atoms with Crippen LogP contribution >= 0.6 is 0 Å². The van der Waals surface area contributed by atoms with Crippen molar-refractivity contribution in [1.82, 2.24) is 10.1 Å². The van der Waals surface area contributed by atoms with Gasteiger partial charge in [-0.1, -0.05) is 29.4 Å². The van der Waals surface area contributed by atoms with E-state index in [0.717, 1.165) is 11.6 Å². The monoisotopic (exact) mass is 405 g/mol. The molecule has 1 N–H and O–H groups in total. The zero-order valence-electron chi connectivity index (χ0n) is 15.5. The lowest BCUT2D eigenvalue weighted by Gasteiger charge is -2.13. The number of methoxy groups -OCH3 is 1. The lowest BCUT2D eigenvalue weighted by Crippen LogP contribution is -2.16. The molecule has 0 saturated carbocycles. The van der Waals surface area contributed by atoms with Crippen LogP contribution in [0.3, 0.4) is 0 Å². The molecule has 0 aliphatic carbocycles. The Morgan fingerprint density at radius 2 is 1.97 bits per heavy atom. The first kappa shape index (κ1) is 20.4. The van der Waals surface area contributed by atoms with Crippen LogP contribution in [0.15, 0.2) is 53.1 Å². The summed E-state index contributed by atoms with van der Waals surface area (Å²) in [5, 5.41) is 6.21. The Balaban J connectivity index is 1.55. The van der Waals surface area contributed by atoms with E-state index in [1.165, 1.54) is 18.2 Å². The van der Waals surface area contributed by atoms with Crippen molar-refractivity contribution in [3.8, 4) is 17.1 Å². The van der Waals surface area contributed by atoms with Crippen LogP contribution in [0, 0.1) is 0 Å². The number of nitrogens with one attached hydrogen (secondary N) is 1. The second-order valence-electron chi connectivity index (χ2n) is 6.19. The quantitative estimate of drug-likeness (QED) is 0.615. The van der Waals surface area contributed by atoms with Crippen molar-refractivity contribution in [2.45, 2.75) is 25.4 Å². The number of halogens is 3. The number of aryl methyl sites for hydroxylation is 1. The summed E-state index contributed by atoms with van der Waals surface area (Å²) in [4.78, 5) is 16.3. The van der Waals surface area contributed by atoms with Gasteiger partial charge in [-0.2, -0.15) is 18.2 Å². The molecule has 0 aliphatic rings. The molecule has 152 valence electrons. The van der Waals surface area contributed by atoms with Gasteiger partial charge in [-0.3, -0.25) is 4.79 Å². The number of nitrogens with zero attached hydrogens (tertiary/aromatic N) is 2. The minimum atomic E-state index is -4.54. The van der Waals surface area contributed by atoms with E-state index in [1.807, 2.05) is 6.07 Å². The fourth-order valence-corrected chi connectivity index (χ4v) is 2.69. The van der Waals surface area contributed by atoms with Gasteiger partial charge >= 0.3 is 6.18 Å². The molecule has 2 aromatic carbocycles. The first-order chi connectivity index (χ1) is 13.9. The van der Waals surface area contributed by atoms with E-state index >= 15 is 0 Å². The Morgan fingerprint density at radius 1 is 1.17 bits per heavy atom. The molecule has 0 aliphatic heterocycles. The number of amides is 1. The highest BCUT2D eigenvalue weighted by Crippen LogP contribution is 2.34. The number of para-hydroxylation sites is 1. The maximum Gasteiger partial charge on any atom is 0.418 e. The van der Waals surface area contributed by atoms with Crippen molar-refractivity contribution in [3.05, 3.63) is 60.0 Å². The van der Waals surface area contributed by atoms with Crippen molar-refractivity contribution >= 4 is 11.6 Å². The highest BCUT2D eigenvalue weighted by atomic mass is 19.4. The topological polar surface area (TPSA) is 77.2 Å². The molecule has 0 bridgehead atoms. The molecule has 0 spiro atoms. The highest BCUT2D eigenvalue weighted by Gasteiger charge is 2.33. The molecular formula is C20H18F3N3O3. The van der Waals surface area contributed by atoms with Gasteiger partial charge in [-0.15, -0.1) is 0 Å². The third kappa shape index (κ3) is 5.34. The average molecular weight is 405 g/mol. The Bertz CT molecular complexity index is 986.